The maximum absolute atomic E-state index is 13.5. The summed E-state index contributed by atoms with van der Waals surface area (Å²) in [7, 11) is -3.74. The molecule has 0 saturated carbocycles. The molecule has 0 unspecified atom stereocenters. The molecule has 1 atom stereocenters. The van der Waals surface area contributed by atoms with Crippen LogP contribution in [0.15, 0.2) is 75.8 Å². The van der Waals surface area contributed by atoms with Crippen molar-refractivity contribution < 1.29 is 17.6 Å². The second-order valence-electron chi connectivity index (χ2n) is 10.5. The van der Waals surface area contributed by atoms with Crippen LogP contribution >= 0.6 is 11.3 Å². The van der Waals surface area contributed by atoms with Gasteiger partial charge in [0.15, 0.2) is 0 Å². The Morgan fingerprint density at radius 1 is 1.00 bits per heavy atom. The van der Waals surface area contributed by atoms with Crippen molar-refractivity contribution in [3.63, 3.8) is 0 Å². The molecule has 0 aliphatic rings. The van der Waals surface area contributed by atoms with E-state index in [4.69, 9.17) is 9.15 Å². The number of rotatable bonds is 14. The number of hydrogen-bond acceptors (Lipinski definition) is 7. The van der Waals surface area contributed by atoms with Gasteiger partial charge in [-0.3, -0.25) is 4.98 Å². The Kier molecular flexibility index (Phi) is 9.59. The highest BCUT2D eigenvalue weighted by atomic mass is 32.2. The van der Waals surface area contributed by atoms with E-state index in [0.717, 1.165) is 34.7 Å². The Labute approximate surface area is 229 Å². The smallest absolute Gasteiger partial charge is 0.240 e. The number of furan rings is 1. The van der Waals surface area contributed by atoms with Gasteiger partial charge < -0.3 is 14.1 Å². The lowest BCUT2D eigenvalue weighted by Crippen LogP contribution is -2.46. The fraction of sp³-hybridized carbons (Fsp3) is 0.414. The van der Waals surface area contributed by atoms with Crippen LogP contribution in [0.25, 0.3) is 11.0 Å². The highest BCUT2D eigenvalue weighted by molar-refractivity contribution is 7.89. The van der Waals surface area contributed by atoms with Gasteiger partial charge in [0.1, 0.15) is 17.9 Å². The van der Waals surface area contributed by atoms with Crippen LogP contribution in [0.2, 0.25) is 0 Å². The zero-order valence-electron chi connectivity index (χ0n) is 22.5. The van der Waals surface area contributed by atoms with Crippen LogP contribution < -0.4 is 9.46 Å². The van der Waals surface area contributed by atoms with Crippen molar-refractivity contribution in [3.05, 3.63) is 76.9 Å². The average Bonchev–Trinajstić information content (AvgIpc) is 3.54. The second-order valence-corrected chi connectivity index (χ2v) is 13.2. The van der Waals surface area contributed by atoms with Crippen LogP contribution in [0.3, 0.4) is 0 Å². The topological polar surface area (TPSA) is 84.7 Å². The molecule has 0 fully saturated rings. The van der Waals surface area contributed by atoms with Crippen molar-refractivity contribution in [1.82, 2.24) is 14.6 Å². The SMILES string of the molecule is CC(C)CN(CC(C)C)C[C@H](Cc1ccc(OCc2cncs2)cc1)NS(=O)(=O)c1ccc2occc2c1. The molecular weight excluding hydrogens is 518 g/mol. The van der Waals surface area contributed by atoms with Crippen LogP contribution in [0.1, 0.15) is 38.1 Å². The molecule has 0 saturated heterocycles. The fourth-order valence-electron chi connectivity index (χ4n) is 4.59. The Bertz CT molecular complexity index is 1370. The molecule has 2 aromatic carbocycles. The molecule has 0 spiro atoms. The van der Waals surface area contributed by atoms with E-state index in [9.17, 15) is 8.42 Å². The molecule has 0 aliphatic heterocycles. The van der Waals surface area contributed by atoms with Gasteiger partial charge in [-0.25, -0.2) is 13.1 Å². The van der Waals surface area contributed by atoms with E-state index < -0.39 is 10.0 Å². The summed E-state index contributed by atoms with van der Waals surface area (Å²) in [6.07, 6.45) is 3.94. The lowest BCUT2D eigenvalue weighted by Gasteiger charge is -2.30. The molecule has 9 heteroatoms. The number of hydrogen-bond donors (Lipinski definition) is 1. The van der Waals surface area contributed by atoms with Crippen molar-refractivity contribution in [2.75, 3.05) is 19.6 Å². The van der Waals surface area contributed by atoms with Crippen molar-refractivity contribution in [2.24, 2.45) is 11.8 Å². The number of thiazole rings is 1. The molecule has 2 aromatic heterocycles. The number of ether oxygens (including phenoxy) is 1. The largest absolute Gasteiger partial charge is 0.488 e. The van der Waals surface area contributed by atoms with Gasteiger partial charge in [0.25, 0.3) is 0 Å². The molecule has 0 bridgehead atoms. The molecule has 38 heavy (non-hydrogen) atoms. The molecule has 4 rings (SSSR count). The number of sulfonamides is 1. The van der Waals surface area contributed by atoms with Crippen molar-refractivity contribution in [2.45, 2.75) is 51.7 Å². The van der Waals surface area contributed by atoms with E-state index in [0.29, 0.717) is 37.0 Å². The number of nitrogens with one attached hydrogen (secondary N) is 1. The first-order valence-electron chi connectivity index (χ1n) is 13.0. The second kappa shape index (κ2) is 12.9. The normalized spacial score (nSPS) is 13.1. The molecule has 0 amide bonds. The van der Waals surface area contributed by atoms with E-state index in [1.807, 2.05) is 24.3 Å². The lowest BCUT2D eigenvalue weighted by atomic mass is 10.0. The predicted molar refractivity (Wildman–Crippen MR) is 153 cm³/mol. The van der Waals surface area contributed by atoms with Crippen LogP contribution in [0.5, 0.6) is 5.75 Å². The molecule has 2 heterocycles. The van der Waals surface area contributed by atoms with Gasteiger partial charge in [-0.05, 0) is 60.2 Å². The summed E-state index contributed by atoms with van der Waals surface area (Å²) in [5.74, 6) is 1.72. The van der Waals surface area contributed by atoms with Gasteiger partial charge in [-0.15, -0.1) is 11.3 Å². The van der Waals surface area contributed by atoms with Gasteiger partial charge in [0.05, 0.1) is 21.5 Å². The maximum Gasteiger partial charge on any atom is 0.240 e. The van der Waals surface area contributed by atoms with Gasteiger partial charge >= 0.3 is 0 Å². The predicted octanol–water partition coefficient (Wildman–Crippen LogP) is 5.97. The summed E-state index contributed by atoms with van der Waals surface area (Å²) in [6.45, 7) is 11.7. The van der Waals surface area contributed by atoms with E-state index in [1.165, 1.54) is 0 Å². The summed E-state index contributed by atoms with van der Waals surface area (Å²) >= 11 is 1.56. The molecule has 4 aromatic rings. The minimum atomic E-state index is -3.74. The minimum Gasteiger partial charge on any atom is -0.488 e. The average molecular weight is 556 g/mol. The molecule has 0 radical (unpaired) electrons. The number of aromatic nitrogens is 1. The fourth-order valence-corrected chi connectivity index (χ4v) is 6.35. The van der Waals surface area contributed by atoms with Crippen LogP contribution in [0.4, 0.5) is 0 Å². The van der Waals surface area contributed by atoms with Crippen molar-refractivity contribution >= 4 is 32.3 Å². The van der Waals surface area contributed by atoms with Gasteiger partial charge in [-0.2, -0.15) is 0 Å². The van der Waals surface area contributed by atoms with Crippen LogP contribution in [-0.4, -0.2) is 44.0 Å². The molecule has 1 N–H and O–H groups in total. The summed E-state index contributed by atoms with van der Waals surface area (Å²) in [5.41, 5.74) is 3.50. The van der Waals surface area contributed by atoms with Crippen LogP contribution in [0, 0.1) is 11.8 Å². The number of fused-ring (bicyclic) bond motifs is 1. The summed E-state index contributed by atoms with van der Waals surface area (Å²) < 4.78 is 41.3. The zero-order valence-corrected chi connectivity index (χ0v) is 24.1. The van der Waals surface area contributed by atoms with Crippen LogP contribution in [-0.2, 0) is 23.1 Å². The van der Waals surface area contributed by atoms with Gasteiger partial charge in [-0.1, -0.05) is 39.8 Å². The van der Waals surface area contributed by atoms with Crippen molar-refractivity contribution in [3.8, 4) is 5.75 Å². The Morgan fingerprint density at radius 2 is 1.74 bits per heavy atom. The van der Waals surface area contributed by atoms with Gasteiger partial charge in [0.2, 0.25) is 10.0 Å². The van der Waals surface area contributed by atoms with E-state index in [-0.39, 0.29) is 10.9 Å². The highest BCUT2D eigenvalue weighted by Gasteiger charge is 2.24. The lowest BCUT2D eigenvalue weighted by molar-refractivity contribution is 0.203. The third-order valence-corrected chi connectivity index (χ3v) is 8.32. The zero-order chi connectivity index (χ0) is 27.1. The first-order chi connectivity index (χ1) is 18.2. The van der Waals surface area contributed by atoms with E-state index in [2.05, 4.69) is 42.3 Å². The highest BCUT2D eigenvalue weighted by Crippen LogP contribution is 2.22. The van der Waals surface area contributed by atoms with E-state index in [1.54, 1.807) is 53.6 Å². The van der Waals surface area contributed by atoms with Gasteiger partial charge in [0, 0.05) is 37.3 Å². The summed E-state index contributed by atoms with van der Waals surface area (Å²) in [5, 5.41) is 0.764. The Balaban J connectivity index is 1.52. The third kappa shape index (κ3) is 8.14. The Hall–Kier alpha value is -2.72. The Morgan fingerprint density at radius 3 is 2.39 bits per heavy atom. The quantitative estimate of drug-likeness (QED) is 0.206. The molecule has 0 aliphatic carbocycles. The number of nitrogens with zero attached hydrogens (tertiary/aromatic N) is 2. The first kappa shape index (κ1) is 28.3. The maximum atomic E-state index is 13.5. The molecule has 204 valence electrons. The molecular formula is C29H37N3O4S2. The first-order valence-corrected chi connectivity index (χ1v) is 15.4. The minimum absolute atomic E-state index is 0.238. The van der Waals surface area contributed by atoms with Crippen molar-refractivity contribution in [1.29, 1.82) is 0 Å². The summed E-state index contributed by atoms with van der Waals surface area (Å²) in [4.78, 5) is 7.75. The summed E-state index contributed by atoms with van der Waals surface area (Å²) in [6, 6.07) is 14.3. The molecule has 7 nitrogen and oxygen atoms in total. The standard InChI is InChI=1S/C29H37N3O4S2/c1-21(2)16-32(17-22(3)4)18-25(31-38(33,34)28-9-10-29-24(14-28)11-12-35-29)13-23-5-7-26(8-6-23)36-19-27-15-30-20-37-27/h5-12,14-15,20-22,25,31H,13,16-19H2,1-4H3/t25-/m0/s1. The third-order valence-electron chi connectivity index (χ3n) is 6.05. The van der Waals surface area contributed by atoms with E-state index >= 15 is 0 Å². The number of benzene rings is 2. The monoisotopic (exact) mass is 555 g/mol.